The lowest BCUT2D eigenvalue weighted by Crippen LogP contribution is -2.19. The summed E-state index contributed by atoms with van der Waals surface area (Å²) < 4.78 is 109. The quantitative estimate of drug-likeness (QED) is 0.322. The van der Waals surface area contributed by atoms with Gasteiger partial charge in [0.05, 0.1) is 16.9 Å². The van der Waals surface area contributed by atoms with E-state index in [1.807, 2.05) is 4.72 Å². The second-order valence-corrected chi connectivity index (χ2v) is 9.60. The van der Waals surface area contributed by atoms with E-state index in [9.17, 15) is 34.8 Å². The van der Waals surface area contributed by atoms with E-state index in [0.717, 1.165) is 24.3 Å². The van der Waals surface area contributed by atoms with Crippen molar-refractivity contribution in [3.8, 4) is 11.1 Å². The number of alkyl halides is 6. The highest BCUT2D eigenvalue weighted by molar-refractivity contribution is 7.91. The zero-order valence-electron chi connectivity index (χ0n) is 17.9. The number of rotatable bonds is 5. The minimum Gasteiger partial charge on any atom is -0.336 e. The molecule has 184 valence electrons. The molecule has 0 radical (unpaired) electrons. The highest BCUT2D eigenvalue weighted by Gasteiger charge is 2.35. The van der Waals surface area contributed by atoms with Crippen LogP contribution >= 0.6 is 0 Å². The van der Waals surface area contributed by atoms with E-state index in [1.165, 1.54) is 18.3 Å². The summed E-state index contributed by atoms with van der Waals surface area (Å²) >= 11 is 0. The summed E-state index contributed by atoms with van der Waals surface area (Å²) in [5.74, 6) is -1.08. The highest BCUT2D eigenvalue weighted by Crippen LogP contribution is 2.36. The number of aromatic nitrogens is 2. The van der Waals surface area contributed by atoms with Crippen molar-refractivity contribution in [2.24, 2.45) is 7.05 Å². The van der Waals surface area contributed by atoms with E-state index >= 15 is 0 Å². The number of anilines is 1. The van der Waals surface area contributed by atoms with Crippen molar-refractivity contribution < 1.29 is 34.8 Å². The van der Waals surface area contributed by atoms with Crippen LogP contribution in [-0.2, 0) is 35.2 Å². The first kappa shape index (κ1) is 24.6. The molecule has 1 N–H and O–H groups in total. The maximum absolute atomic E-state index is 13.6. The predicted octanol–water partition coefficient (Wildman–Crippen LogP) is 6.22. The van der Waals surface area contributed by atoms with E-state index in [2.05, 4.69) is 4.98 Å². The van der Waals surface area contributed by atoms with Crippen molar-refractivity contribution in [1.82, 2.24) is 9.55 Å². The predicted molar refractivity (Wildman–Crippen MR) is 119 cm³/mol. The van der Waals surface area contributed by atoms with E-state index in [4.69, 9.17) is 0 Å². The van der Waals surface area contributed by atoms with Crippen LogP contribution in [0.4, 0.5) is 32.0 Å². The fourth-order valence-electron chi connectivity index (χ4n) is 3.67. The van der Waals surface area contributed by atoms with Gasteiger partial charge in [-0.15, -0.1) is 0 Å². The molecule has 0 fully saturated rings. The zero-order chi connectivity index (χ0) is 25.6. The van der Waals surface area contributed by atoms with Crippen LogP contribution < -0.4 is 4.72 Å². The van der Waals surface area contributed by atoms with Gasteiger partial charge in [0.15, 0.2) is 0 Å². The first-order valence-corrected chi connectivity index (χ1v) is 11.7. The highest BCUT2D eigenvalue weighted by atomic mass is 32.2. The van der Waals surface area contributed by atoms with Crippen LogP contribution in [-0.4, -0.2) is 18.0 Å². The fourth-order valence-corrected chi connectivity index (χ4v) is 4.88. The summed E-state index contributed by atoms with van der Waals surface area (Å²) in [6.07, 6.45) is -6.51. The third-order valence-corrected chi connectivity index (χ3v) is 6.48. The SMILES string of the molecule is Cn1ccc2cc(-c3cc(NS(=O)(=O)Cc4ccccc4C(F)(F)F)cc(C(F)(F)F)c3)cnc21. The normalized spacial score (nSPS) is 12.8. The lowest BCUT2D eigenvalue weighted by molar-refractivity contribution is -0.138. The molecule has 2 aromatic heterocycles. The number of hydrogen-bond donors (Lipinski definition) is 1. The number of aryl methyl sites for hydroxylation is 1. The molecule has 2 aromatic carbocycles. The Morgan fingerprint density at radius 1 is 0.914 bits per heavy atom. The summed E-state index contributed by atoms with van der Waals surface area (Å²) in [5.41, 5.74) is -2.30. The summed E-state index contributed by atoms with van der Waals surface area (Å²) in [7, 11) is -2.75. The van der Waals surface area contributed by atoms with E-state index in [1.54, 1.807) is 29.9 Å². The number of nitrogens with one attached hydrogen (secondary N) is 1. The lowest BCUT2D eigenvalue weighted by Gasteiger charge is -2.16. The largest absolute Gasteiger partial charge is 0.416 e. The van der Waals surface area contributed by atoms with Crippen LogP contribution in [0.2, 0.25) is 0 Å². The standard InChI is InChI=1S/C23H17F6N3O2S/c1-32-7-6-14-8-17(12-30-21(14)32)16-9-18(22(24,25)26)11-19(10-16)31-35(33,34)13-15-4-2-3-5-20(15)23(27,28)29/h2-12,31H,13H2,1H3. The van der Waals surface area contributed by atoms with Crippen LogP contribution in [0, 0.1) is 0 Å². The number of pyridine rings is 1. The Balaban J connectivity index is 1.73. The molecule has 0 bridgehead atoms. The molecule has 12 heteroatoms. The minimum absolute atomic E-state index is 0.0338. The molecule has 0 spiro atoms. The van der Waals surface area contributed by atoms with Gasteiger partial charge in [-0.2, -0.15) is 26.3 Å². The van der Waals surface area contributed by atoms with Gasteiger partial charge < -0.3 is 4.57 Å². The summed E-state index contributed by atoms with van der Waals surface area (Å²) in [6, 6.07) is 10.0. The van der Waals surface area contributed by atoms with Crippen molar-refractivity contribution in [1.29, 1.82) is 0 Å². The van der Waals surface area contributed by atoms with Gasteiger partial charge in [-0.1, -0.05) is 18.2 Å². The molecule has 35 heavy (non-hydrogen) atoms. The molecule has 0 aliphatic carbocycles. The number of hydrogen-bond acceptors (Lipinski definition) is 3. The monoisotopic (exact) mass is 513 g/mol. The van der Waals surface area contributed by atoms with Gasteiger partial charge >= 0.3 is 12.4 Å². The number of benzene rings is 2. The molecule has 0 unspecified atom stereocenters. The van der Waals surface area contributed by atoms with Crippen molar-refractivity contribution in [2.45, 2.75) is 18.1 Å². The summed E-state index contributed by atoms with van der Waals surface area (Å²) in [6.45, 7) is 0. The van der Waals surface area contributed by atoms with Crippen molar-refractivity contribution >= 4 is 26.7 Å². The summed E-state index contributed by atoms with van der Waals surface area (Å²) in [4.78, 5) is 4.24. The van der Waals surface area contributed by atoms with Crippen molar-refractivity contribution in [3.63, 3.8) is 0 Å². The van der Waals surface area contributed by atoms with E-state index < -0.39 is 50.5 Å². The summed E-state index contributed by atoms with van der Waals surface area (Å²) in [5, 5.41) is 0.660. The van der Waals surface area contributed by atoms with E-state index in [-0.39, 0.29) is 5.56 Å². The van der Waals surface area contributed by atoms with Crippen molar-refractivity contribution in [2.75, 3.05) is 4.72 Å². The van der Waals surface area contributed by atoms with Gasteiger partial charge in [0.1, 0.15) is 5.65 Å². The Morgan fingerprint density at radius 2 is 1.63 bits per heavy atom. The van der Waals surface area contributed by atoms with Gasteiger partial charge in [-0.25, -0.2) is 13.4 Å². The van der Waals surface area contributed by atoms with Crippen LogP contribution in [0.3, 0.4) is 0 Å². The molecular weight excluding hydrogens is 496 g/mol. The van der Waals surface area contributed by atoms with Gasteiger partial charge in [0.2, 0.25) is 10.0 Å². The Hall–Kier alpha value is -3.54. The third kappa shape index (κ3) is 5.42. The van der Waals surface area contributed by atoms with Crippen LogP contribution in [0.5, 0.6) is 0 Å². The van der Waals surface area contributed by atoms with Gasteiger partial charge in [-0.05, 0) is 47.5 Å². The molecule has 0 saturated carbocycles. The average Bonchev–Trinajstić information content (AvgIpc) is 3.12. The molecule has 4 rings (SSSR count). The number of fused-ring (bicyclic) bond motifs is 1. The second kappa shape index (κ2) is 8.59. The molecule has 4 aromatic rings. The molecule has 0 aliphatic heterocycles. The molecular formula is C23H17F6N3O2S. The average molecular weight is 513 g/mol. The molecule has 0 atom stereocenters. The van der Waals surface area contributed by atoms with Gasteiger partial charge in [-0.3, -0.25) is 4.72 Å². The Kier molecular flexibility index (Phi) is 6.04. The molecule has 0 amide bonds. The zero-order valence-corrected chi connectivity index (χ0v) is 18.8. The maximum Gasteiger partial charge on any atom is 0.416 e. The Labute approximate surface area is 196 Å². The Morgan fingerprint density at radius 3 is 2.31 bits per heavy atom. The van der Waals surface area contributed by atoms with Crippen molar-refractivity contribution in [3.05, 3.63) is 83.7 Å². The Bertz CT molecular complexity index is 1510. The first-order chi connectivity index (χ1) is 16.2. The molecule has 2 heterocycles. The van der Waals surface area contributed by atoms with Crippen LogP contribution in [0.25, 0.3) is 22.2 Å². The van der Waals surface area contributed by atoms with E-state index in [0.29, 0.717) is 22.7 Å². The lowest BCUT2D eigenvalue weighted by atomic mass is 10.0. The third-order valence-electron chi connectivity index (χ3n) is 5.24. The number of sulfonamides is 1. The van der Waals surface area contributed by atoms with Gasteiger partial charge in [0.25, 0.3) is 0 Å². The minimum atomic E-state index is -4.80. The van der Waals surface area contributed by atoms with Crippen LogP contribution in [0.1, 0.15) is 16.7 Å². The topological polar surface area (TPSA) is 64.0 Å². The smallest absolute Gasteiger partial charge is 0.336 e. The van der Waals surface area contributed by atoms with Gasteiger partial charge in [0, 0.05) is 36.1 Å². The number of nitrogens with zero attached hydrogens (tertiary/aromatic N) is 2. The molecule has 0 aliphatic rings. The maximum atomic E-state index is 13.6. The van der Waals surface area contributed by atoms with Crippen LogP contribution in [0.15, 0.2) is 67.0 Å². The molecule has 5 nitrogen and oxygen atoms in total. The fraction of sp³-hybridized carbons (Fsp3) is 0.174. The first-order valence-electron chi connectivity index (χ1n) is 10.0. The second-order valence-electron chi connectivity index (χ2n) is 7.88. The molecule has 0 saturated heterocycles. The number of halogens is 6.